The van der Waals surface area contributed by atoms with E-state index in [1.807, 2.05) is 44.2 Å². The van der Waals surface area contributed by atoms with E-state index in [0.29, 0.717) is 25.2 Å². The van der Waals surface area contributed by atoms with Crippen molar-refractivity contribution in [3.63, 3.8) is 0 Å². The first-order valence-corrected chi connectivity index (χ1v) is 11.3. The molecule has 3 N–H and O–H groups in total. The summed E-state index contributed by atoms with van der Waals surface area (Å²) in [6, 6.07) is 13.8. The second-order valence-electron chi connectivity index (χ2n) is 8.68. The van der Waals surface area contributed by atoms with Gasteiger partial charge in [0.15, 0.2) is 0 Å². The molecule has 0 spiro atoms. The number of piperidine rings is 1. The molecule has 1 fully saturated rings. The topological polar surface area (TPSA) is 90.5 Å². The average Bonchev–Trinajstić information content (AvgIpc) is 2.79. The van der Waals surface area contributed by atoms with Crippen LogP contribution < -0.4 is 16.0 Å². The molecule has 1 unspecified atom stereocenters. The molecule has 0 saturated carbocycles. The van der Waals surface area contributed by atoms with Crippen molar-refractivity contribution in [3.8, 4) is 0 Å². The van der Waals surface area contributed by atoms with Crippen molar-refractivity contribution >= 4 is 23.4 Å². The number of benzene rings is 2. The SMILES string of the molecule is CC(C)C(NC(=O)c1ccc(F)cc1)C(=O)NC1CCN(CC(=O)Nc2ccccc2)CC1. The summed E-state index contributed by atoms with van der Waals surface area (Å²) in [5.41, 5.74) is 1.07. The number of nitrogens with one attached hydrogen (secondary N) is 3. The molecule has 3 rings (SSSR count). The van der Waals surface area contributed by atoms with Crippen LogP contribution in [0.5, 0.6) is 0 Å². The minimum Gasteiger partial charge on any atom is -0.351 e. The summed E-state index contributed by atoms with van der Waals surface area (Å²) in [6.07, 6.45) is 1.45. The van der Waals surface area contributed by atoms with Crippen LogP contribution in [0.15, 0.2) is 54.6 Å². The predicted octanol–water partition coefficient (Wildman–Crippen LogP) is 2.80. The molecule has 33 heavy (non-hydrogen) atoms. The minimum absolute atomic E-state index is 0.0186. The standard InChI is InChI=1S/C25H31FN4O3/c1-17(2)23(29-24(32)18-8-10-19(26)11-9-18)25(33)28-21-12-14-30(15-13-21)16-22(31)27-20-6-4-3-5-7-20/h3-11,17,21,23H,12-16H2,1-2H3,(H,27,31)(H,28,33)(H,29,32). The number of carbonyl (C=O) groups excluding carboxylic acids is 3. The van der Waals surface area contributed by atoms with Crippen LogP contribution in [0.1, 0.15) is 37.0 Å². The zero-order valence-electron chi connectivity index (χ0n) is 19.0. The first kappa shape index (κ1) is 24.4. The van der Waals surface area contributed by atoms with E-state index in [-0.39, 0.29) is 23.8 Å². The molecule has 1 aliphatic heterocycles. The normalized spacial score (nSPS) is 15.6. The average molecular weight is 455 g/mol. The lowest BCUT2D eigenvalue weighted by Gasteiger charge is -2.33. The Bertz CT molecular complexity index is 942. The number of hydrogen-bond donors (Lipinski definition) is 3. The molecule has 1 heterocycles. The van der Waals surface area contributed by atoms with Gasteiger partial charge < -0.3 is 16.0 Å². The van der Waals surface area contributed by atoms with Crippen molar-refractivity contribution < 1.29 is 18.8 Å². The van der Waals surface area contributed by atoms with Crippen LogP contribution in [0, 0.1) is 11.7 Å². The lowest BCUT2D eigenvalue weighted by Crippen LogP contribution is -2.54. The van der Waals surface area contributed by atoms with Gasteiger partial charge in [-0.15, -0.1) is 0 Å². The molecule has 0 bridgehead atoms. The van der Waals surface area contributed by atoms with Gasteiger partial charge in [0.25, 0.3) is 5.91 Å². The van der Waals surface area contributed by atoms with Gasteiger partial charge in [0, 0.05) is 30.4 Å². The predicted molar refractivity (Wildman–Crippen MR) is 125 cm³/mol. The number of hydrogen-bond acceptors (Lipinski definition) is 4. The molecule has 1 atom stereocenters. The lowest BCUT2D eigenvalue weighted by molar-refractivity contribution is -0.125. The highest BCUT2D eigenvalue weighted by Gasteiger charge is 2.28. The maximum absolute atomic E-state index is 13.1. The third-order valence-corrected chi connectivity index (χ3v) is 5.70. The monoisotopic (exact) mass is 454 g/mol. The van der Waals surface area contributed by atoms with E-state index in [9.17, 15) is 18.8 Å². The Balaban J connectivity index is 1.45. The summed E-state index contributed by atoms with van der Waals surface area (Å²) >= 11 is 0. The molecule has 0 aromatic heterocycles. The Labute approximate surface area is 193 Å². The van der Waals surface area contributed by atoms with E-state index in [2.05, 4.69) is 20.9 Å². The maximum atomic E-state index is 13.1. The van der Waals surface area contributed by atoms with Crippen LogP contribution in [0.25, 0.3) is 0 Å². The Morgan fingerprint density at radius 1 is 1.00 bits per heavy atom. The molecular weight excluding hydrogens is 423 g/mol. The van der Waals surface area contributed by atoms with Crippen molar-refractivity contribution in [1.82, 2.24) is 15.5 Å². The number of halogens is 1. The summed E-state index contributed by atoms with van der Waals surface area (Å²) < 4.78 is 13.1. The third-order valence-electron chi connectivity index (χ3n) is 5.70. The van der Waals surface area contributed by atoms with E-state index in [1.165, 1.54) is 24.3 Å². The summed E-state index contributed by atoms with van der Waals surface area (Å²) in [6.45, 7) is 5.42. The zero-order chi connectivity index (χ0) is 23.8. The van der Waals surface area contributed by atoms with Gasteiger partial charge in [-0.3, -0.25) is 19.3 Å². The fraction of sp³-hybridized carbons (Fsp3) is 0.400. The van der Waals surface area contributed by atoms with Crippen LogP contribution in [0.4, 0.5) is 10.1 Å². The number of rotatable bonds is 8. The summed E-state index contributed by atoms with van der Waals surface area (Å²) in [4.78, 5) is 39.7. The van der Waals surface area contributed by atoms with Gasteiger partial charge in [-0.25, -0.2) is 4.39 Å². The highest BCUT2D eigenvalue weighted by Crippen LogP contribution is 2.13. The molecule has 8 heteroatoms. The van der Waals surface area contributed by atoms with Crippen LogP contribution in [-0.2, 0) is 9.59 Å². The molecule has 3 amide bonds. The van der Waals surface area contributed by atoms with Gasteiger partial charge in [-0.2, -0.15) is 0 Å². The fourth-order valence-corrected chi connectivity index (χ4v) is 3.81. The molecule has 0 radical (unpaired) electrons. The number of likely N-dealkylation sites (tertiary alicyclic amines) is 1. The molecule has 7 nitrogen and oxygen atoms in total. The van der Waals surface area contributed by atoms with E-state index in [1.54, 1.807) is 0 Å². The van der Waals surface area contributed by atoms with E-state index in [0.717, 1.165) is 18.5 Å². The number of para-hydroxylation sites is 1. The Kier molecular flexibility index (Phi) is 8.54. The number of anilines is 1. The van der Waals surface area contributed by atoms with Crippen molar-refractivity contribution in [1.29, 1.82) is 0 Å². The molecular formula is C25H31FN4O3. The molecule has 1 aliphatic rings. The number of carbonyl (C=O) groups is 3. The highest BCUT2D eigenvalue weighted by atomic mass is 19.1. The van der Waals surface area contributed by atoms with Crippen molar-refractivity contribution in [3.05, 3.63) is 66.0 Å². The largest absolute Gasteiger partial charge is 0.351 e. The Hall–Kier alpha value is -3.26. The van der Waals surface area contributed by atoms with Crippen molar-refractivity contribution in [2.75, 3.05) is 25.0 Å². The first-order valence-electron chi connectivity index (χ1n) is 11.3. The van der Waals surface area contributed by atoms with E-state index in [4.69, 9.17) is 0 Å². The van der Waals surface area contributed by atoms with E-state index >= 15 is 0 Å². The molecule has 1 saturated heterocycles. The van der Waals surface area contributed by atoms with Gasteiger partial charge in [-0.1, -0.05) is 32.0 Å². The maximum Gasteiger partial charge on any atom is 0.251 e. The first-order chi connectivity index (χ1) is 15.8. The van der Waals surface area contributed by atoms with Crippen LogP contribution in [0.3, 0.4) is 0 Å². The van der Waals surface area contributed by atoms with E-state index < -0.39 is 17.8 Å². The molecule has 2 aromatic carbocycles. The fourth-order valence-electron chi connectivity index (χ4n) is 3.81. The number of amides is 3. The summed E-state index contributed by atoms with van der Waals surface area (Å²) in [7, 11) is 0. The summed E-state index contributed by atoms with van der Waals surface area (Å²) in [5.74, 6) is -1.25. The van der Waals surface area contributed by atoms with Crippen molar-refractivity contribution in [2.45, 2.75) is 38.8 Å². The van der Waals surface area contributed by atoms with Gasteiger partial charge >= 0.3 is 0 Å². The zero-order valence-corrected chi connectivity index (χ0v) is 19.0. The Morgan fingerprint density at radius 3 is 2.24 bits per heavy atom. The highest BCUT2D eigenvalue weighted by molar-refractivity contribution is 5.97. The minimum atomic E-state index is -0.697. The van der Waals surface area contributed by atoms with Gasteiger partial charge in [0.2, 0.25) is 11.8 Å². The molecule has 176 valence electrons. The smallest absolute Gasteiger partial charge is 0.251 e. The second-order valence-corrected chi connectivity index (χ2v) is 8.68. The molecule has 0 aliphatic carbocycles. The van der Waals surface area contributed by atoms with Gasteiger partial charge in [0.05, 0.1) is 6.54 Å². The van der Waals surface area contributed by atoms with Gasteiger partial charge in [0.1, 0.15) is 11.9 Å². The van der Waals surface area contributed by atoms with Crippen LogP contribution in [0.2, 0.25) is 0 Å². The van der Waals surface area contributed by atoms with Crippen LogP contribution >= 0.6 is 0 Å². The number of nitrogens with zero attached hydrogens (tertiary/aromatic N) is 1. The quantitative estimate of drug-likeness (QED) is 0.572. The molecule has 2 aromatic rings. The lowest BCUT2D eigenvalue weighted by atomic mass is 10.00. The second kappa shape index (κ2) is 11.6. The van der Waals surface area contributed by atoms with Crippen LogP contribution in [-0.4, -0.2) is 54.3 Å². The van der Waals surface area contributed by atoms with Gasteiger partial charge in [-0.05, 0) is 55.2 Å². The summed E-state index contributed by atoms with van der Waals surface area (Å²) in [5, 5.41) is 8.69. The Morgan fingerprint density at radius 2 is 1.64 bits per heavy atom. The third kappa shape index (κ3) is 7.39. The van der Waals surface area contributed by atoms with Crippen molar-refractivity contribution in [2.24, 2.45) is 5.92 Å².